The molecule has 3 heteroatoms. The molecule has 0 aliphatic heterocycles. The molecule has 24 heavy (non-hydrogen) atoms. The standard InChI is InChI=1S/C21H18O2S/c22-19-9-8-16-6-7-17(12-18(16)13-19)21-20(10-11-24-21)23-14-15-4-2-1-3-5-15/h1-7,10-12H,8-9,13-14H2. The number of carbonyl (C=O) groups is 1. The van der Waals surface area contributed by atoms with Gasteiger partial charge >= 0.3 is 0 Å². The van der Waals surface area contributed by atoms with Crippen molar-refractivity contribution in [3.63, 3.8) is 0 Å². The molecular weight excluding hydrogens is 316 g/mol. The van der Waals surface area contributed by atoms with Crippen molar-refractivity contribution in [2.24, 2.45) is 0 Å². The molecule has 0 saturated heterocycles. The van der Waals surface area contributed by atoms with Crippen LogP contribution < -0.4 is 4.74 Å². The van der Waals surface area contributed by atoms with E-state index in [2.05, 4.69) is 35.7 Å². The van der Waals surface area contributed by atoms with Gasteiger partial charge < -0.3 is 4.74 Å². The molecular formula is C21H18O2S. The summed E-state index contributed by atoms with van der Waals surface area (Å²) in [5.41, 5.74) is 4.78. The van der Waals surface area contributed by atoms with Crippen molar-refractivity contribution < 1.29 is 9.53 Å². The van der Waals surface area contributed by atoms with Crippen LogP contribution in [0.2, 0.25) is 0 Å². The number of hydrogen-bond donors (Lipinski definition) is 0. The number of ether oxygens (including phenoxy) is 1. The maximum atomic E-state index is 11.7. The predicted molar refractivity (Wildman–Crippen MR) is 97.6 cm³/mol. The number of benzene rings is 2. The molecule has 3 aromatic rings. The van der Waals surface area contributed by atoms with Crippen molar-refractivity contribution in [3.8, 4) is 16.2 Å². The molecule has 0 atom stereocenters. The Morgan fingerprint density at radius 2 is 1.83 bits per heavy atom. The molecule has 2 aromatic carbocycles. The Balaban J connectivity index is 1.58. The van der Waals surface area contributed by atoms with Crippen LogP contribution >= 0.6 is 11.3 Å². The summed E-state index contributed by atoms with van der Waals surface area (Å²) in [6.45, 7) is 0.563. The second kappa shape index (κ2) is 6.62. The normalized spacial score (nSPS) is 13.6. The van der Waals surface area contributed by atoms with Gasteiger partial charge in [-0.15, -0.1) is 11.3 Å². The van der Waals surface area contributed by atoms with Gasteiger partial charge in [0, 0.05) is 12.8 Å². The van der Waals surface area contributed by atoms with Gasteiger partial charge in [0.25, 0.3) is 0 Å². The molecule has 0 unspecified atom stereocenters. The Morgan fingerprint density at radius 1 is 0.958 bits per heavy atom. The van der Waals surface area contributed by atoms with Gasteiger partial charge in [-0.1, -0.05) is 42.5 Å². The Hall–Kier alpha value is -2.39. The third-order valence-electron chi connectivity index (χ3n) is 4.40. The highest BCUT2D eigenvalue weighted by Crippen LogP contribution is 2.37. The summed E-state index contributed by atoms with van der Waals surface area (Å²) in [5, 5.41) is 2.06. The molecule has 1 heterocycles. The monoisotopic (exact) mass is 334 g/mol. The average molecular weight is 334 g/mol. The number of carbonyl (C=O) groups excluding carboxylic acids is 1. The fourth-order valence-corrected chi connectivity index (χ4v) is 3.94. The van der Waals surface area contributed by atoms with Crippen LogP contribution in [0.1, 0.15) is 23.1 Å². The van der Waals surface area contributed by atoms with E-state index in [1.54, 1.807) is 11.3 Å². The van der Waals surface area contributed by atoms with Crippen molar-refractivity contribution in [1.82, 2.24) is 0 Å². The van der Waals surface area contributed by atoms with Gasteiger partial charge in [0.15, 0.2) is 0 Å². The quantitative estimate of drug-likeness (QED) is 0.667. The molecule has 0 N–H and O–H groups in total. The Morgan fingerprint density at radius 3 is 2.71 bits per heavy atom. The number of hydrogen-bond acceptors (Lipinski definition) is 3. The third-order valence-corrected chi connectivity index (χ3v) is 5.34. The van der Waals surface area contributed by atoms with E-state index in [4.69, 9.17) is 4.74 Å². The van der Waals surface area contributed by atoms with E-state index in [0.29, 0.717) is 25.2 Å². The summed E-state index contributed by atoms with van der Waals surface area (Å²) in [4.78, 5) is 12.9. The Kier molecular flexibility index (Phi) is 4.18. The summed E-state index contributed by atoms with van der Waals surface area (Å²) < 4.78 is 6.03. The van der Waals surface area contributed by atoms with Gasteiger partial charge in [-0.3, -0.25) is 4.79 Å². The van der Waals surface area contributed by atoms with E-state index >= 15 is 0 Å². The second-order valence-electron chi connectivity index (χ2n) is 6.09. The molecule has 2 nitrogen and oxygen atoms in total. The van der Waals surface area contributed by atoms with E-state index in [9.17, 15) is 4.79 Å². The molecule has 0 spiro atoms. The zero-order valence-electron chi connectivity index (χ0n) is 13.3. The molecule has 0 amide bonds. The van der Waals surface area contributed by atoms with Crippen LogP contribution in [0, 0.1) is 0 Å². The number of ketones is 1. The first-order chi connectivity index (χ1) is 11.8. The summed E-state index contributed by atoms with van der Waals surface area (Å²) >= 11 is 1.68. The van der Waals surface area contributed by atoms with Crippen molar-refractivity contribution >= 4 is 17.1 Å². The van der Waals surface area contributed by atoms with Crippen molar-refractivity contribution in [1.29, 1.82) is 0 Å². The van der Waals surface area contributed by atoms with Crippen molar-refractivity contribution in [2.75, 3.05) is 0 Å². The van der Waals surface area contributed by atoms with E-state index in [0.717, 1.165) is 28.2 Å². The van der Waals surface area contributed by atoms with E-state index in [-0.39, 0.29) is 0 Å². The maximum Gasteiger partial charge on any atom is 0.138 e. The maximum absolute atomic E-state index is 11.7. The first-order valence-electron chi connectivity index (χ1n) is 8.18. The summed E-state index contributed by atoms with van der Waals surface area (Å²) in [7, 11) is 0. The molecule has 0 fully saturated rings. The van der Waals surface area contributed by atoms with Crippen LogP contribution in [-0.4, -0.2) is 5.78 Å². The van der Waals surface area contributed by atoms with Gasteiger partial charge in [0.1, 0.15) is 18.1 Å². The lowest BCUT2D eigenvalue weighted by molar-refractivity contribution is -0.118. The lowest BCUT2D eigenvalue weighted by Crippen LogP contribution is -2.13. The minimum atomic E-state index is 0.339. The first kappa shape index (κ1) is 15.2. The Bertz CT molecular complexity index is 865. The van der Waals surface area contributed by atoms with Crippen LogP contribution in [-0.2, 0) is 24.2 Å². The average Bonchev–Trinajstić information content (AvgIpc) is 3.09. The van der Waals surface area contributed by atoms with Gasteiger partial charge in [-0.2, -0.15) is 0 Å². The van der Waals surface area contributed by atoms with Crippen LogP contribution in [0.15, 0.2) is 60.0 Å². The zero-order valence-corrected chi connectivity index (χ0v) is 14.1. The molecule has 4 rings (SSSR count). The minimum absolute atomic E-state index is 0.339. The molecule has 0 bridgehead atoms. The SMILES string of the molecule is O=C1CCc2ccc(-c3sccc3OCc3ccccc3)cc2C1. The first-order valence-corrected chi connectivity index (χ1v) is 9.05. The van der Waals surface area contributed by atoms with E-state index < -0.39 is 0 Å². The summed E-state index contributed by atoms with van der Waals surface area (Å²) in [5.74, 6) is 1.25. The van der Waals surface area contributed by atoms with E-state index in [1.807, 2.05) is 24.3 Å². The second-order valence-corrected chi connectivity index (χ2v) is 7.00. The highest BCUT2D eigenvalue weighted by molar-refractivity contribution is 7.14. The predicted octanol–water partition coefficient (Wildman–Crippen LogP) is 5.05. The fourth-order valence-electron chi connectivity index (χ4n) is 3.11. The highest BCUT2D eigenvalue weighted by atomic mass is 32.1. The lowest BCUT2D eigenvalue weighted by atomic mass is 9.89. The largest absolute Gasteiger partial charge is 0.487 e. The highest BCUT2D eigenvalue weighted by Gasteiger charge is 2.17. The van der Waals surface area contributed by atoms with Gasteiger partial charge in [0.2, 0.25) is 0 Å². The molecule has 0 saturated carbocycles. The number of thiophene rings is 1. The minimum Gasteiger partial charge on any atom is -0.487 e. The molecule has 1 aromatic heterocycles. The lowest BCUT2D eigenvalue weighted by Gasteiger charge is -2.16. The third kappa shape index (κ3) is 3.13. The number of fused-ring (bicyclic) bond motifs is 1. The summed E-state index contributed by atoms with van der Waals surface area (Å²) in [6.07, 6.45) is 2.11. The van der Waals surface area contributed by atoms with Crippen molar-refractivity contribution in [3.05, 3.63) is 76.7 Å². The topological polar surface area (TPSA) is 26.3 Å². The van der Waals surface area contributed by atoms with Gasteiger partial charge in [-0.25, -0.2) is 0 Å². The number of Topliss-reactive ketones (excluding diaryl/α,β-unsaturated/α-hetero) is 1. The van der Waals surface area contributed by atoms with Crippen LogP contribution in [0.3, 0.4) is 0 Å². The fraction of sp³-hybridized carbons (Fsp3) is 0.190. The van der Waals surface area contributed by atoms with Crippen molar-refractivity contribution in [2.45, 2.75) is 25.9 Å². The summed E-state index contributed by atoms with van der Waals surface area (Å²) in [6, 6.07) is 18.7. The zero-order chi connectivity index (χ0) is 16.4. The molecule has 0 radical (unpaired) electrons. The molecule has 120 valence electrons. The van der Waals surface area contributed by atoms with Gasteiger partial charge in [0.05, 0.1) is 4.88 Å². The van der Waals surface area contributed by atoms with Crippen LogP contribution in [0.5, 0.6) is 5.75 Å². The Labute approximate surface area is 145 Å². The smallest absolute Gasteiger partial charge is 0.138 e. The number of rotatable bonds is 4. The molecule has 1 aliphatic carbocycles. The van der Waals surface area contributed by atoms with Crippen LogP contribution in [0.4, 0.5) is 0 Å². The molecule has 1 aliphatic rings. The van der Waals surface area contributed by atoms with Crippen LogP contribution in [0.25, 0.3) is 10.4 Å². The van der Waals surface area contributed by atoms with E-state index in [1.165, 1.54) is 11.1 Å². The number of aryl methyl sites for hydroxylation is 1. The van der Waals surface area contributed by atoms with Gasteiger partial charge in [-0.05, 0) is 46.2 Å².